The van der Waals surface area contributed by atoms with Crippen molar-refractivity contribution in [2.45, 2.75) is 31.7 Å². The molecule has 0 amide bonds. The summed E-state index contributed by atoms with van der Waals surface area (Å²) in [6, 6.07) is 0.825. The SMILES string of the molecule is NCC(CNC1CC1)C1CCNCC1. The summed E-state index contributed by atoms with van der Waals surface area (Å²) >= 11 is 0. The molecule has 2 aliphatic rings. The molecule has 3 heteroatoms. The minimum Gasteiger partial charge on any atom is -0.330 e. The maximum atomic E-state index is 5.85. The molecule has 1 aliphatic heterocycles. The molecule has 1 saturated carbocycles. The molecule has 82 valence electrons. The lowest BCUT2D eigenvalue weighted by Crippen LogP contribution is -2.39. The summed E-state index contributed by atoms with van der Waals surface area (Å²) < 4.78 is 0. The van der Waals surface area contributed by atoms with Crippen molar-refractivity contribution in [2.24, 2.45) is 17.6 Å². The van der Waals surface area contributed by atoms with E-state index in [1.807, 2.05) is 0 Å². The fraction of sp³-hybridized carbons (Fsp3) is 1.00. The molecule has 2 rings (SSSR count). The summed E-state index contributed by atoms with van der Waals surface area (Å²) in [5.74, 6) is 1.56. The average molecular weight is 197 g/mol. The van der Waals surface area contributed by atoms with E-state index in [1.54, 1.807) is 0 Å². The molecule has 3 nitrogen and oxygen atoms in total. The largest absolute Gasteiger partial charge is 0.330 e. The van der Waals surface area contributed by atoms with Gasteiger partial charge >= 0.3 is 0 Å². The minimum absolute atomic E-state index is 0.706. The van der Waals surface area contributed by atoms with Gasteiger partial charge < -0.3 is 16.4 Å². The van der Waals surface area contributed by atoms with E-state index in [2.05, 4.69) is 10.6 Å². The van der Waals surface area contributed by atoms with Gasteiger partial charge in [-0.25, -0.2) is 0 Å². The summed E-state index contributed by atoms with van der Waals surface area (Å²) in [5, 5.41) is 7.01. The van der Waals surface area contributed by atoms with Crippen molar-refractivity contribution < 1.29 is 0 Å². The predicted octanol–water partition coefficient (Wildman–Crippen LogP) is 0.313. The van der Waals surface area contributed by atoms with Crippen LogP contribution in [0.1, 0.15) is 25.7 Å². The molecule has 2 fully saturated rings. The van der Waals surface area contributed by atoms with Crippen LogP contribution in [-0.2, 0) is 0 Å². The topological polar surface area (TPSA) is 50.1 Å². The van der Waals surface area contributed by atoms with Gasteiger partial charge in [-0.2, -0.15) is 0 Å². The number of nitrogens with two attached hydrogens (primary N) is 1. The lowest BCUT2D eigenvalue weighted by atomic mass is 9.85. The monoisotopic (exact) mass is 197 g/mol. The van der Waals surface area contributed by atoms with Gasteiger partial charge in [0.2, 0.25) is 0 Å². The highest BCUT2D eigenvalue weighted by Crippen LogP contribution is 2.23. The van der Waals surface area contributed by atoms with E-state index in [4.69, 9.17) is 5.73 Å². The van der Waals surface area contributed by atoms with Crippen LogP contribution >= 0.6 is 0 Å². The number of piperidine rings is 1. The highest BCUT2D eigenvalue weighted by atomic mass is 15.0. The Bertz CT molecular complexity index is 162. The molecule has 0 aromatic rings. The van der Waals surface area contributed by atoms with Crippen LogP contribution in [0.25, 0.3) is 0 Å². The molecule has 0 radical (unpaired) electrons. The van der Waals surface area contributed by atoms with Gasteiger partial charge in [0.15, 0.2) is 0 Å². The van der Waals surface area contributed by atoms with E-state index in [1.165, 1.54) is 38.8 Å². The Kier molecular flexibility index (Phi) is 3.79. The van der Waals surface area contributed by atoms with E-state index >= 15 is 0 Å². The summed E-state index contributed by atoms with van der Waals surface area (Å²) in [6.07, 6.45) is 5.38. The summed E-state index contributed by atoms with van der Waals surface area (Å²) in [4.78, 5) is 0. The molecule has 4 N–H and O–H groups in total. The third kappa shape index (κ3) is 2.94. The van der Waals surface area contributed by atoms with E-state index < -0.39 is 0 Å². The van der Waals surface area contributed by atoms with Crippen molar-refractivity contribution in [3.8, 4) is 0 Å². The second-order valence-electron chi connectivity index (χ2n) is 4.77. The highest BCUT2D eigenvalue weighted by Gasteiger charge is 2.25. The first-order chi connectivity index (χ1) is 6.90. The maximum absolute atomic E-state index is 5.85. The molecule has 0 spiro atoms. The number of nitrogens with one attached hydrogen (secondary N) is 2. The predicted molar refractivity (Wildman–Crippen MR) is 59.2 cm³/mol. The molecule has 1 unspecified atom stereocenters. The first-order valence-electron chi connectivity index (χ1n) is 6.04. The smallest absolute Gasteiger partial charge is 0.00683 e. The van der Waals surface area contributed by atoms with Crippen molar-refractivity contribution in [2.75, 3.05) is 26.2 Å². The van der Waals surface area contributed by atoms with Crippen molar-refractivity contribution >= 4 is 0 Å². The van der Waals surface area contributed by atoms with Gasteiger partial charge in [-0.05, 0) is 63.7 Å². The molecule has 1 saturated heterocycles. The zero-order chi connectivity index (χ0) is 9.80. The van der Waals surface area contributed by atoms with Crippen LogP contribution < -0.4 is 16.4 Å². The fourth-order valence-electron chi connectivity index (χ4n) is 2.36. The van der Waals surface area contributed by atoms with Crippen LogP contribution in [-0.4, -0.2) is 32.2 Å². The zero-order valence-corrected chi connectivity index (χ0v) is 8.97. The van der Waals surface area contributed by atoms with Crippen LogP contribution in [0.4, 0.5) is 0 Å². The molecule has 0 aromatic heterocycles. The normalized spacial score (nSPS) is 26.4. The Hall–Kier alpha value is -0.120. The van der Waals surface area contributed by atoms with Crippen molar-refractivity contribution in [1.82, 2.24) is 10.6 Å². The molecule has 0 bridgehead atoms. The Morgan fingerprint density at radius 2 is 1.93 bits per heavy atom. The Morgan fingerprint density at radius 1 is 1.21 bits per heavy atom. The van der Waals surface area contributed by atoms with E-state index in [-0.39, 0.29) is 0 Å². The molecule has 14 heavy (non-hydrogen) atoms. The molecule has 1 heterocycles. The van der Waals surface area contributed by atoms with Gasteiger partial charge in [-0.15, -0.1) is 0 Å². The van der Waals surface area contributed by atoms with Crippen molar-refractivity contribution in [3.05, 3.63) is 0 Å². The Morgan fingerprint density at radius 3 is 2.50 bits per heavy atom. The van der Waals surface area contributed by atoms with E-state index in [9.17, 15) is 0 Å². The van der Waals surface area contributed by atoms with Gasteiger partial charge in [0.25, 0.3) is 0 Å². The van der Waals surface area contributed by atoms with Gasteiger partial charge in [0.05, 0.1) is 0 Å². The second-order valence-corrected chi connectivity index (χ2v) is 4.77. The second kappa shape index (κ2) is 5.10. The van der Waals surface area contributed by atoms with Gasteiger partial charge in [-0.3, -0.25) is 0 Å². The highest BCUT2D eigenvalue weighted by molar-refractivity contribution is 4.84. The summed E-state index contributed by atoms with van der Waals surface area (Å²) in [7, 11) is 0. The van der Waals surface area contributed by atoms with E-state index in [0.29, 0.717) is 5.92 Å². The van der Waals surface area contributed by atoms with Gasteiger partial charge in [0.1, 0.15) is 0 Å². The molecule has 1 atom stereocenters. The lowest BCUT2D eigenvalue weighted by molar-refractivity contribution is 0.256. The molecule has 1 aliphatic carbocycles. The number of hydrogen-bond donors (Lipinski definition) is 3. The quantitative estimate of drug-likeness (QED) is 0.594. The Balaban J connectivity index is 1.71. The molecule has 0 aromatic carbocycles. The number of hydrogen-bond acceptors (Lipinski definition) is 3. The standard InChI is InChI=1S/C11H23N3/c12-7-10(8-14-11-1-2-11)9-3-5-13-6-4-9/h9-11,13-14H,1-8,12H2. The van der Waals surface area contributed by atoms with Crippen LogP contribution in [0.3, 0.4) is 0 Å². The third-order valence-electron chi connectivity index (χ3n) is 3.60. The Labute approximate surface area is 86.8 Å². The van der Waals surface area contributed by atoms with Crippen molar-refractivity contribution in [3.63, 3.8) is 0 Å². The average Bonchev–Trinajstić information content (AvgIpc) is 3.04. The van der Waals surface area contributed by atoms with Crippen LogP contribution in [0.2, 0.25) is 0 Å². The first-order valence-corrected chi connectivity index (χ1v) is 6.04. The minimum atomic E-state index is 0.706. The summed E-state index contributed by atoms with van der Waals surface area (Å²) in [5.41, 5.74) is 5.85. The zero-order valence-electron chi connectivity index (χ0n) is 8.97. The van der Waals surface area contributed by atoms with Crippen molar-refractivity contribution in [1.29, 1.82) is 0 Å². The first kappa shape index (κ1) is 10.4. The third-order valence-corrected chi connectivity index (χ3v) is 3.60. The number of rotatable bonds is 5. The summed E-state index contributed by atoms with van der Waals surface area (Å²) in [6.45, 7) is 4.37. The van der Waals surface area contributed by atoms with E-state index in [0.717, 1.165) is 25.0 Å². The van der Waals surface area contributed by atoms with Crippen LogP contribution in [0.5, 0.6) is 0 Å². The van der Waals surface area contributed by atoms with Gasteiger partial charge in [0, 0.05) is 6.04 Å². The van der Waals surface area contributed by atoms with Gasteiger partial charge in [-0.1, -0.05) is 0 Å². The van der Waals surface area contributed by atoms with Crippen LogP contribution in [0, 0.1) is 11.8 Å². The van der Waals surface area contributed by atoms with Crippen LogP contribution in [0.15, 0.2) is 0 Å². The maximum Gasteiger partial charge on any atom is 0.00683 e. The lowest BCUT2D eigenvalue weighted by Gasteiger charge is -2.30. The fourth-order valence-corrected chi connectivity index (χ4v) is 2.36. The molecular formula is C11H23N3. The molecular weight excluding hydrogens is 174 g/mol.